The average Bonchev–Trinajstić information content (AvgIpc) is 2.27. The van der Waals surface area contributed by atoms with Crippen LogP contribution in [0, 0.1) is 4.91 Å². The first kappa shape index (κ1) is 12.1. The Kier molecular flexibility index (Phi) is 3.94. The Morgan fingerprint density at radius 1 is 1.38 bits per heavy atom. The van der Waals surface area contributed by atoms with Crippen molar-refractivity contribution in [1.29, 1.82) is 0 Å². The molecule has 84 valence electrons. The van der Waals surface area contributed by atoms with Gasteiger partial charge >= 0.3 is 5.69 Å². The van der Waals surface area contributed by atoms with E-state index in [9.17, 15) is 9.70 Å². The van der Waals surface area contributed by atoms with E-state index >= 15 is 0 Å². The smallest absolute Gasteiger partial charge is 0.298 e. The van der Waals surface area contributed by atoms with Gasteiger partial charge in [0.25, 0.3) is 4.92 Å². The molecule has 0 fully saturated rings. The third-order valence-electron chi connectivity index (χ3n) is 2.00. The molecule has 0 heterocycles. The summed E-state index contributed by atoms with van der Waals surface area (Å²) in [7, 11) is 1.26. The molecule has 4 heteroatoms. The number of nitrogens with zero attached hydrogens (tertiary/aromatic N) is 1. The molecule has 0 aliphatic rings. The van der Waals surface area contributed by atoms with Crippen molar-refractivity contribution in [1.82, 2.24) is 0 Å². The molecule has 1 rings (SSSR count). The van der Waals surface area contributed by atoms with Gasteiger partial charge in [-0.3, -0.25) is 4.79 Å². The Morgan fingerprint density at radius 3 is 2.56 bits per heavy atom. The fourth-order valence-corrected chi connectivity index (χ4v) is 1.34. The second-order valence-corrected chi connectivity index (χ2v) is 3.60. The highest BCUT2D eigenvalue weighted by atomic mass is 16.8. The molecule has 4 nitrogen and oxygen atoms in total. The minimum absolute atomic E-state index is 0.215. The topological polar surface area (TPSA) is 46.4 Å². The lowest BCUT2D eigenvalue weighted by Crippen LogP contribution is -2.01. The van der Waals surface area contributed by atoms with E-state index in [1.165, 1.54) is 7.11 Å². The molecule has 0 saturated heterocycles. The van der Waals surface area contributed by atoms with Crippen LogP contribution in [0.2, 0.25) is 0 Å². The molecule has 0 unspecified atom stereocenters. The molecule has 0 saturated carbocycles. The molecule has 0 amide bonds. The molecule has 0 spiro atoms. The van der Waals surface area contributed by atoms with Gasteiger partial charge in [0.15, 0.2) is 13.4 Å². The van der Waals surface area contributed by atoms with Gasteiger partial charge in [-0.25, -0.2) is 4.84 Å². The quantitative estimate of drug-likeness (QED) is 0.579. The van der Waals surface area contributed by atoms with Gasteiger partial charge in [0.2, 0.25) is 0 Å². The standard InChI is InChI=1S/C12H14NO3/c1-9(2)6-10-4-5-11(8-14)12(7-10)13(15)16-3/h4-8H,1-3H3/q+1. The Labute approximate surface area is 94.1 Å². The lowest BCUT2D eigenvalue weighted by atomic mass is 10.1. The van der Waals surface area contributed by atoms with Gasteiger partial charge in [0.1, 0.15) is 0 Å². The van der Waals surface area contributed by atoms with Crippen LogP contribution in [0.5, 0.6) is 0 Å². The highest BCUT2D eigenvalue weighted by Crippen LogP contribution is 2.20. The largest absolute Gasteiger partial charge is 0.327 e. The maximum Gasteiger partial charge on any atom is 0.327 e. The van der Waals surface area contributed by atoms with Crippen molar-refractivity contribution < 1.29 is 14.6 Å². The average molecular weight is 220 g/mol. The van der Waals surface area contributed by atoms with Gasteiger partial charge in [-0.1, -0.05) is 17.7 Å². The van der Waals surface area contributed by atoms with E-state index < -0.39 is 0 Å². The summed E-state index contributed by atoms with van der Waals surface area (Å²) in [4.78, 5) is 27.0. The molecule has 0 aliphatic carbocycles. The van der Waals surface area contributed by atoms with E-state index in [2.05, 4.69) is 4.84 Å². The van der Waals surface area contributed by atoms with Crippen molar-refractivity contribution in [2.75, 3.05) is 7.11 Å². The van der Waals surface area contributed by atoms with E-state index in [4.69, 9.17) is 0 Å². The Bertz CT molecular complexity index is 446. The minimum atomic E-state index is 0.215. The van der Waals surface area contributed by atoms with Crippen LogP contribution in [-0.2, 0) is 4.84 Å². The molecule has 0 atom stereocenters. The van der Waals surface area contributed by atoms with Crippen molar-refractivity contribution in [2.45, 2.75) is 13.8 Å². The molecule has 1 aromatic rings. The van der Waals surface area contributed by atoms with Crippen LogP contribution < -0.4 is 0 Å². The van der Waals surface area contributed by atoms with Crippen LogP contribution in [-0.4, -0.2) is 18.3 Å². The van der Waals surface area contributed by atoms with Crippen LogP contribution in [0.3, 0.4) is 0 Å². The highest BCUT2D eigenvalue weighted by Gasteiger charge is 2.20. The highest BCUT2D eigenvalue weighted by molar-refractivity contribution is 5.82. The van der Waals surface area contributed by atoms with Crippen LogP contribution in [0.4, 0.5) is 5.69 Å². The predicted octanol–water partition coefficient (Wildman–Crippen LogP) is 2.89. The van der Waals surface area contributed by atoms with Gasteiger partial charge in [-0.15, -0.1) is 0 Å². The van der Waals surface area contributed by atoms with Crippen LogP contribution in [0.15, 0.2) is 23.8 Å². The second-order valence-electron chi connectivity index (χ2n) is 3.60. The molecule has 0 radical (unpaired) electrons. The minimum Gasteiger partial charge on any atom is -0.298 e. The van der Waals surface area contributed by atoms with Gasteiger partial charge in [-0.05, 0) is 25.5 Å². The van der Waals surface area contributed by atoms with E-state index in [-0.39, 0.29) is 5.69 Å². The van der Waals surface area contributed by atoms with Crippen molar-refractivity contribution in [3.8, 4) is 0 Å². The zero-order valence-electron chi connectivity index (χ0n) is 9.56. The van der Waals surface area contributed by atoms with Crippen LogP contribution >= 0.6 is 0 Å². The zero-order chi connectivity index (χ0) is 12.1. The number of allylic oxidation sites excluding steroid dienone is 1. The Hall–Kier alpha value is -1.97. The molecule has 0 aromatic heterocycles. The van der Waals surface area contributed by atoms with Crippen molar-refractivity contribution >= 4 is 18.0 Å². The predicted molar refractivity (Wildman–Crippen MR) is 61.5 cm³/mol. The lowest BCUT2D eigenvalue weighted by Gasteiger charge is -1.97. The first-order chi connectivity index (χ1) is 7.58. The van der Waals surface area contributed by atoms with E-state index in [0.29, 0.717) is 16.8 Å². The third-order valence-corrected chi connectivity index (χ3v) is 2.00. The van der Waals surface area contributed by atoms with Crippen molar-refractivity contribution in [3.05, 3.63) is 39.8 Å². The monoisotopic (exact) mass is 220 g/mol. The first-order valence-electron chi connectivity index (χ1n) is 4.84. The zero-order valence-corrected chi connectivity index (χ0v) is 9.56. The summed E-state index contributed by atoms with van der Waals surface area (Å²) in [6.07, 6.45) is 2.55. The van der Waals surface area contributed by atoms with Crippen molar-refractivity contribution in [2.24, 2.45) is 0 Å². The van der Waals surface area contributed by atoms with E-state index in [1.807, 2.05) is 19.9 Å². The number of hydrogen-bond acceptors (Lipinski definition) is 3. The summed E-state index contributed by atoms with van der Waals surface area (Å²) in [5.41, 5.74) is 2.49. The number of carbonyl (C=O) groups is 1. The lowest BCUT2D eigenvalue weighted by molar-refractivity contribution is -0.736. The maximum absolute atomic E-state index is 11.3. The Morgan fingerprint density at radius 2 is 2.06 bits per heavy atom. The normalized spacial score (nSPS) is 9.44. The van der Waals surface area contributed by atoms with Gasteiger partial charge in [0, 0.05) is 6.07 Å². The summed E-state index contributed by atoms with van der Waals surface area (Å²) in [5, 5.41) is 0. The molecular weight excluding hydrogens is 206 g/mol. The molecular formula is C12H14NO3+. The summed E-state index contributed by atoms with van der Waals surface area (Å²) in [6.45, 7) is 3.91. The van der Waals surface area contributed by atoms with Crippen molar-refractivity contribution in [3.63, 3.8) is 0 Å². The maximum atomic E-state index is 11.3. The molecule has 16 heavy (non-hydrogen) atoms. The van der Waals surface area contributed by atoms with Crippen LogP contribution in [0.1, 0.15) is 29.8 Å². The third kappa shape index (κ3) is 2.76. The summed E-state index contributed by atoms with van der Waals surface area (Å²) < 4.78 is 0. The summed E-state index contributed by atoms with van der Waals surface area (Å²) >= 11 is 0. The van der Waals surface area contributed by atoms with E-state index in [1.54, 1.807) is 18.2 Å². The Balaban J connectivity index is 3.26. The molecule has 0 bridgehead atoms. The van der Waals surface area contributed by atoms with Gasteiger partial charge in [0.05, 0.1) is 10.5 Å². The number of rotatable bonds is 4. The fourth-order valence-electron chi connectivity index (χ4n) is 1.34. The molecule has 1 aromatic carbocycles. The number of hydrogen-bond donors (Lipinski definition) is 0. The number of aldehydes is 1. The number of benzene rings is 1. The van der Waals surface area contributed by atoms with E-state index in [0.717, 1.165) is 11.1 Å². The first-order valence-corrected chi connectivity index (χ1v) is 4.84. The summed E-state index contributed by atoms with van der Waals surface area (Å²) in [6, 6.07) is 5.00. The fraction of sp³-hybridized carbons (Fsp3) is 0.250. The SMILES string of the molecule is CO[N+](=O)c1cc(C=C(C)C)ccc1C=O. The number of carbonyl (C=O) groups excluding carboxylic acids is 1. The molecule has 0 aliphatic heterocycles. The second kappa shape index (κ2) is 5.21. The molecule has 0 N–H and O–H groups in total. The van der Waals surface area contributed by atoms with Gasteiger partial charge < -0.3 is 0 Å². The van der Waals surface area contributed by atoms with Gasteiger partial charge in [-0.2, -0.15) is 0 Å². The summed E-state index contributed by atoms with van der Waals surface area (Å²) in [5.74, 6) is 0. The van der Waals surface area contributed by atoms with Crippen LogP contribution in [0.25, 0.3) is 6.08 Å².